The van der Waals surface area contributed by atoms with Crippen LogP contribution in [0.25, 0.3) is 0 Å². The Kier molecular flexibility index (Phi) is 5.14. The van der Waals surface area contributed by atoms with Crippen molar-refractivity contribution in [3.8, 4) is 0 Å². The summed E-state index contributed by atoms with van der Waals surface area (Å²) >= 11 is 15.5. The lowest BCUT2D eigenvalue weighted by molar-refractivity contribution is 0.278. The summed E-state index contributed by atoms with van der Waals surface area (Å²) in [4.78, 5) is 0. The van der Waals surface area contributed by atoms with Gasteiger partial charge in [0.15, 0.2) is 5.85 Å². The van der Waals surface area contributed by atoms with Crippen molar-refractivity contribution < 1.29 is 18.2 Å². The summed E-state index contributed by atoms with van der Waals surface area (Å²) in [5.41, 5.74) is 0. The second-order valence-corrected chi connectivity index (χ2v) is 9.60. The molecule has 0 aliphatic carbocycles. The van der Waals surface area contributed by atoms with E-state index in [0.717, 1.165) is 7.11 Å². The average Bonchev–Trinajstić information content (AvgIpc) is 1.84. The van der Waals surface area contributed by atoms with Gasteiger partial charge in [-0.15, -0.1) is 0 Å². The fraction of sp³-hybridized carbons (Fsp3) is 1.00. The third kappa shape index (κ3) is 5.08. The van der Waals surface area contributed by atoms with Crippen LogP contribution in [-0.2, 0) is 18.2 Å². The Morgan fingerprint density at radius 3 is 1.92 bits per heavy atom. The minimum atomic E-state index is -3.72. The van der Waals surface area contributed by atoms with Gasteiger partial charge in [0.1, 0.15) is 0 Å². The third-order valence-corrected chi connectivity index (χ3v) is 4.88. The molecule has 0 fully saturated rings. The molecule has 0 radical (unpaired) electrons. The Hall–Kier alpha value is 1.25. The highest BCUT2D eigenvalue weighted by Crippen LogP contribution is 2.66. The molecule has 0 aromatic heterocycles. The Labute approximate surface area is 84.7 Å². The molecule has 0 aromatic carbocycles. The van der Waals surface area contributed by atoms with E-state index in [4.69, 9.17) is 33.7 Å². The molecular weight excluding hydrogens is 268 g/mol. The fourth-order valence-electron chi connectivity index (χ4n) is 0.382. The molecule has 4 nitrogen and oxygen atoms in total. The van der Waals surface area contributed by atoms with Gasteiger partial charge in [0.25, 0.3) is 0 Å². The van der Waals surface area contributed by atoms with E-state index in [9.17, 15) is 9.13 Å². The first-order chi connectivity index (χ1) is 5.19. The monoisotopic (exact) mass is 274 g/mol. The van der Waals surface area contributed by atoms with Crippen LogP contribution in [0.2, 0.25) is 0 Å². The SMILES string of the molecule is COP(=O)(Cl)C(C)OP(=O)(Cl)Cl. The van der Waals surface area contributed by atoms with Crippen LogP contribution in [0, 0.1) is 0 Å². The van der Waals surface area contributed by atoms with Crippen molar-refractivity contribution in [2.75, 3.05) is 7.11 Å². The maximum atomic E-state index is 11.1. The molecule has 0 saturated heterocycles. The molecular formula is C3H7Cl3O4P2. The Morgan fingerprint density at radius 1 is 1.25 bits per heavy atom. The van der Waals surface area contributed by atoms with E-state index in [1.165, 1.54) is 6.92 Å². The fourth-order valence-corrected chi connectivity index (χ4v) is 3.25. The van der Waals surface area contributed by atoms with Gasteiger partial charge in [0.2, 0.25) is 0 Å². The van der Waals surface area contributed by atoms with Crippen LogP contribution >= 0.6 is 46.5 Å². The van der Waals surface area contributed by atoms with Crippen LogP contribution in [0.3, 0.4) is 0 Å². The first kappa shape index (κ1) is 13.2. The normalized spacial score (nSPS) is 20.1. The van der Waals surface area contributed by atoms with E-state index in [-0.39, 0.29) is 0 Å². The van der Waals surface area contributed by atoms with Gasteiger partial charge in [-0.1, -0.05) is 0 Å². The van der Waals surface area contributed by atoms with Crippen LogP contribution in [0.1, 0.15) is 6.92 Å². The zero-order chi connectivity index (χ0) is 9.99. The van der Waals surface area contributed by atoms with Gasteiger partial charge in [-0.3, -0.25) is 13.7 Å². The van der Waals surface area contributed by atoms with Crippen LogP contribution in [0.4, 0.5) is 0 Å². The minimum Gasteiger partial charge on any atom is -0.319 e. The number of hydrogen-bond acceptors (Lipinski definition) is 4. The smallest absolute Gasteiger partial charge is 0.319 e. The Balaban J connectivity index is 4.33. The molecule has 0 aliphatic heterocycles. The molecule has 0 aliphatic rings. The summed E-state index contributed by atoms with van der Waals surface area (Å²) < 4.78 is 30.7. The lowest BCUT2D eigenvalue weighted by Gasteiger charge is -2.16. The topological polar surface area (TPSA) is 52.6 Å². The highest BCUT2D eigenvalue weighted by Gasteiger charge is 2.33. The summed E-state index contributed by atoms with van der Waals surface area (Å²) in [5.74, 6) is -1.11. The van der Waals surface area contributed by atoms with Gasteiger partial charge < -0.3 is 4.52 Å². The predicted octanol–water partition coefficient (Wildman–Crippen LogP) is 4.01. The van der Waals surface area contributed by atoms with Gasteiger partial charge in [0.05, 0.1) is 0 Å². The van der Waals surface area contributed by atoms with E-state index in [1.54, 1.807) is 0 Å². The highest BCUT2D eigenvalue weighted by atomic mass is 35.9. The number of hydrogen-bond donors (Lipinski definition) is 0. The van der Waals surface area contributed by atoms with E-state index in [2.05, 4.69) is 9.05 Å². The van der Waals surface area contributed by atoms with Crippen molar-refractivity contribution in [3.05, 3.63) is 0 Å². The predicted molar refractivity (Wildman–Crippen MR) is 50.3 cm³/mol. The molecule has 2 unspecified atom stereocenters. The Bertz CT molecular complexity index is 238. The molecule has 0 heterocycles. The van der Waals surface area contributed by atoms with Gasteiger partial charge in [-0.25, -0.2) is 0 Å². The largest absolute Gasteiger partial charge is 0.380 e. The minimum absolute atomic E-state index is 1.11. The maximum Gasteiger partial charge on any atom is 0.380 e. The summed E-state index contributed by atoms with van der Waals surface area (Å²) in [6, 6.07) is 0. The summed E-state index contributed by atoms with van der Waals surface area (Å²) in [6.07, 6.45) is -3.72. The Morgan fingerprint density at radius 2 is 1.67 bits per heavy atom. The van der Waals surface area contributed by atoms with Crippen molar-refractivity contribution in [1.29, 1.82) is 0 Å². The van der Waals surface area contributed by atoms with Gasteiger partial charge in [-0.2, -0.15) is 0 Å². The van der Waals surface area contributed by atoms with Gasteiger partial charge in [-0.05, 0) is 40.6 Å². The summed E-state index contributed by atoms with van der Waals surface area (Å²) in [7, 11) is 1.14. The molecule has 0 spiro atoms. The first-order valence-electron chi connectivity index (χ1n) is 2.72. The standard InChI is InChI=1S/C3H7Cl3O4P2/c1-3(10-12(5,6)8)11(4,7)9-2/h3H,1-2H3. The molecule has 12 heavy (non-hydrogen) atoms. The molecule has 9 heteroatoms. The third-order valence-electron chi connectivity index (χ3n) is 0.959. The molecule has 0 saturated carbocycles. The first-order valence-corrected chi connectivity index (χ1v) is 8.75. The van der Waals surface area contributed by atoms with Gasteiger partial charge >= 0.3 is 12.8 Å². The maximum absolute atomic E-state index is 11.1. The molecule has 0 aromatic rings. The van der Waals surface area contributed by atoms with E-state index >= 15 is 0 Å². The quantitative estimate of drug-likeness (QED) is 0.727. The van der Waals surface area contributed by atoms with Crippen LogP contribution in [0.5, 0.6) is 0 Å². The highest BCUT2D eigenvalue weighted by molar-refractivity contribution is 8.05. The molecule has 0 N–H and O–H groups in total. The van der Waals surface area contributed by atoms with Crippen molar-refractivity contribution >= 4 is 46.5 Å². The molecule has 0 rings (SSSR count). The average molecular weight is 275 g/mol. The molecule has 0 amide bonds. The summed E-state index contributed by atoms with van der Waals surface area (Å²) in [6.45, 7) is -2.15. The lowest BCUT2D eigenvalue weighted by Crippen LogP contribution is -2.02. The lowest BCUT2D eigenvalue weighted by atomic mass is 10.9. The van der Waals surface area contributed by atoms with Crippen LogP contribution < -0.4 is 0 Å². The van der Waals surface area contributed by atoms with Gasteiger partial charge in [0, 0.05) is 7.11 Å². The van der Waals surface area contributed by atoms with Crippen molar-refractivity contribution in [1.82, 2.24) is 0 Å². The molecule has 74 valence electrons. The van der Waals surface area contributed by atoms with Crippen molar-refractivity contribution in [3.63, 3.8) is 0 Å². The van der Waals surface area contributed by atoms with E-state index in [1.807, 2.05) is 0 Å². The van der Waals surface area contributed by atoms with Crippen molar-refractivity contribution in [2.24, 2.45) is 0 Å². The zero-order valence-electron chi connectivity index (χ0n) is 6.24. The number of rotatable bonds is 4. The zero-order valence-corrected chi connectivity index (χ0v) is 10.3. The molecule has 0 bridgehead atoms. The van der Waals surface area contributed by atoms with E-state index in [0.29, 0.717) is 0 Å². The van der Waals surface area contributed by atoms with Crippen molar-refractivity contribution in [2.45, 2.75) is 12.8 Å². The molecule has 2 atom stereocenters. The van der Waals surface area contributed by atoms with Crippen LogP contribution in [0.15, 0.2) is 0 Å². The second kappa shape index (κ2) is 4.65. The summed E-state index contributed by atoms with van der Waals surface area (Å²) in [5, 5.41) is 0. The number of halogens is 3. The second-order valence-electron chi connectivity index (χ2n) is 1.82. The van der Waals surface area contributed by atoms with E-state index < -0.39 is 18.6 Å². The van der Waals surface area contributed by atoms with Crippen LogP contribution in [-0.4, -0.2) is 13.0 Å².